The van der Waals surface area contributed by atoms with E-state index < -0.39 is 37.7 Å². The SMILES string of the molecule is COc1cccc(-c2ccc3c(c2)NC(=O)C3=Cc2[nH]c(C)c(CCC(=O)O)c2C)c1.c1ccc(P(c2ccccc2)c2ccccc2)cc1.c1ccc(P(c2ccccc2)c2ccccc2)cc1.c1ccc(P(c2ccccc2)c2ccccc2)cc1.c1ccc(P(c2ccccc2)c2ccccc2)cc1. The molecule has 526 valence electrons. The number of hydrogen-bond acceptors (Lipinski definition) is 3. The van der Waals surface area contributed by atoms with E-state index in [0.29, 0.717) is 12.0 Å². The number of carbonyl (C=O) groups excluding carboxylic acids is 1. The van der Waals surface area contributed by atoms with Crippen molar-refractivity contribution in [2.75, 3.05) is 12.4 Å². The third-order valence-corrected chi connectivity index (χ3v) is 27.7. The van der Waals surface area contributed by atoms with Gasteiger partial charge in [-0.1, -0.05) is 388 Å². The summed E-state index contributed by atoms with van der Waals surface area (Å²) < 4.78 is 5.31. The molecule has 16 rings (SSSR count). The van der Waals surface area contributed by atoms with E-state index >= 15 is 0 Å². The number of aromatic amines is 1. The number of anilines is 1. The predicted molar refractivity (Wildman–Crippen MR) is 462 cm³/mol. The van der Waals surface area contributed by atoms with Gasteiger partial charge in [0.25, 0.3) is 5.91 Å². The fraction of sp³-hybridized carbons (Fsp3) is 0.0515. The highest BCUT2D eigenvalue weighted by atomic mass is 31.1. The van der Waals surface area contributed by atoms with Gasteiger partial charge in [-0.2, -0.15) is 0 Å². The lowest BCUT2D eigenvalue weighted by atomic mass is 9.99. The van der Waals surface area contributed by atoms with Gasteiger partial charge >= 0.3 is 5.97 Å². The van der Waals surface area contributed by atoms with E-state index in [1.54, 1.807) is 7.11 Å². The lowest BCUT2D eigenvalue weighted by molar-refractivity contribution is -0.137. The molecule has 107 heavy (non-hydrogen) atoms. The second kappa shape index (κ2) is 39.1. The zero-order chi connectivity index (χ0) is 73.8. The number of aromatic nitrogens is 1. The lowest BCUT2D eigenvalue weighted by Gasteiger charge is -2.18. The van der Waals surface area contributed by atoms with Crippen molar-refractivity contribution in [2.45, 2.75) is 26.7 Å². The molecule has 0 saturated carbocycles. The first-order valence-corrected chi connectivity index (χ1v) is 41.1. The van der Waals surface area contributed by atoms with Gasteiger partial charge in [-0.05, 0) is 162 Å². The van der Waals surface area contributed by atoms with Gasteiger partial charge in [-0.3, -0.25) is 9.59 Å². The monoisotopic (exact) mass is 1460 g/mol. The topological polar surface area (TPSA) is 91.4 Å². The first-order valence-electron chi connectivity index (χ1n) is 35.7. The summed E-state index contributed by atoms with van der Waals surface area (Å²) in [6.45, 7) is 3.88. The summed E-state index contributed by atoms with van der Waals surface area (Å²) in [7, 11) is -0.149. The maximum Gasteiger partial charge on any atom is 0.303 e. The van der Waals surface area contributed by atoms with E-state index in [4.69, 9.17) is 9.84 Å². The molecule has 3 N–H and O–H groups in total. The van der Waals surface area contributed by atoms with Gasteiger partial charge < -0.3 is 20.1 Å². The molecule has 0 unspecified atom stereocenters. The highest BCUT2D eigenvalue weighted by molar-refractivity contribution is 7.81. The number of methoxy groups -OCH3 is 1. The second-order valence-corrected chi connectivity index (χ2v) is 33.9. The number of rotatable bonds is 18. The number of benzene rings is 14. The number of H-pyrrole nitrogens is 1. The van der Waals surface area contributed by atoms with Crippen LogP contribution in [0.2, 0.25) is 0 Å². The van der Waals surface area contributed by atoms with Crippen LogP contribution in [0.15, 0.2) is 406 Å². The zero-order valence-corrected chi connectivity index (χ0v) is 63.7. The van der Waals surface area contributed by atoms with Crippen molar-refractivity contribution in [1.82, 2.24) is 4.98 Å². The van der Waals surface area contributed by atoms with Crippen LogP contribution in [-0.4, -0.2) is 29.1 Å². The van der Waals surface area contributed by atoms with Crippen LogP contribution in [0.4, 0.5) is 5.69 Å². The number of carboxylic acid groups (broad SMARTS) is 1. The fourth-order valence-electron chi connectivity index (χ4n) is 12.7. The molecule has 10 heteroatoms. The van der Waals surface area contributed by atoms with Gasteiger partial charge in [0.2, 0.25) is 0 Å². The van der Waals surface area contributed by atoms with Crippen LogP contribution in [0.25, 0.3) is 22.8 Å². The van der Waals surface area contributed by atoms with Crippen molar-refractivity contribution in [3.05, 3.63) is 435 Å². The molecule has 0 spiro atoms. The average Bonchev–Trinajstić information content (AvgIpc) is 1.71. The minimum absolute atomic E-state index is 0.0753. The maximum absolute atomic E-state index is 12.7. The predicted octanol–water partition coefficient (Wildman–Crippen LogP) is 18.6. The van der Waals surface area contributed by atoms with Crippen molar-refractivity contribution in [1.29, 1.82) is 0 Å². The summed E-state index contributed by atoms with van der Waals surface area (Å²) in [5.41, 5.74) is 7.90. The minimum Gasteiger partial charge on any atom is -0.497 e. The summed E-state index contributed by atoms with van der Waals surface area (Å²) in [5, 5.41) is 28.7. The molecule has 0 atom stereocenters. The molecule has 0 aliphatic carbocycles. The van der Waals surface area contributed by atoms with Gasteiger partial charge in [-0.25, -0.2) is 0 Å². The molecule has 0 saturated heterocycles. The van der Waals surface area contributed by atoms with Gasteiger partial charge in [0, 0.05) is 29.1 Å². The molecule has 1 aliphatic rings. The normalized spacial score (nSPS) is 11.5. The Bertz CT molecular complexity index is 4380. The highest BCUT2D eigenvalue weighted by Crippen LogP contribution is 2.39. The molecule has 2 heterocycles. The van der Waals surface area contributed by atoms with Crippen LogP contribution in [0.5, 0.6) is 5.75 Å². The van der Waals surface area contributed by atoms with Crippen LogP contribution in [0.3, 0.4) is 0 Å². The summed E-state index contributed by atoms with van der Waals surface area (Å²) in [6, 6.07) is 143. The van der Waals surface area contributed by atoms with Gasteiger partial charge in [0.05, 0.1) is 12.7 Å². The largest absolute Gasteiger partial charge is 0.497 e. The Hall–Kier alpha value is -11.4. The lowest BCUT2D eigenvalue weighted by Crippen LogP contribution is -2.20. The van der Waals surface area contributed by atoms with Crippen LogP contribution in [0, 0.1) is 13.8 Å². The number of aryl methyl sites for hydroxylation is 1. The Balaban J connectivity index is 0.000000127. The summed E-state index contributed by atoms with van der Waals surface area (Å²) in [4.78, 5) is 27.0. The Morgan fingerprint density at radius 1 is 0.355 bits per heavy atom. The first-order chi connectivity index (χ1) is 52.7. The molecule has 1 amide bonds. The van der Waals surface area contributed by atoms with E-state index in [9.17, 15) is 9.59 Å². The average molecular weight is 1470 g/mol. The van der Waals surface area contributed by atoms with Crippen molar-refractivity contribution < 1.29 is 19.4 Å². The molecule has 15 aromatic rings. The number of ether oxygens (including phenoxy) is 1. The van der Waals surface area contributed by atoms with Crippen LogP contribution >= 0.6 is 31.7 Å². The smallest absolute Gasteiger partial charge is 0.303 e. The molecule has 0 bridgehead atoms. The van der Waals surface area contributed by atoms with Crippen LogP contribution in [0.1, 0.15) is 34.5 Å². The van der Waals surface area contributed by atoms with E-state index in [2.05, 4.69) is 374 Å². The molecule has 0 fully saturated rings. The van der Waals surface area contributed by atoms with Gasteiger partial charge in [-0.15, -0.1) is 0 Å². The Kier molecular flexibility index (Phi) is 27.5. The van der Waals surface area contributed by atoms with Crippen molar-refractivity contribution in [3.8, 4) is 16.9 Å². The second-order valence-electron chi connectivity index (χ2n) is 25.0. The Labute approximate surface area is 635 Å². The van der Waals surface area contributed by atoms with E-state index in [-0.39, 0.29) is 12.3 Å². The summed E-state index contributed by atoms with van der Waals surface area (Å²) >= 11 is 0. The van der Waals surface area contributed by atoms with E-state index in [1.807, 2.05) is 62.4 Å². The number of fused-ring (bicyclic) bond motifs is 1. The number of aliphatic carboxylic acids is 1. The number of nitrogens with one attached hydrogen (secondary N) is 2. The Morgan fingerprint density at radius 2 is 0.626 bits per heavy atom. The Morgan fingerprint density at radius 3 is 0.888 bits per heavy atom. The van der Waals surface area contributed by atoms with Gasteiger partial charge in [0.15, 0.2) is 0 Å². The fourth-order valence-corrected chi connectivity index (χ4v) is 22.0. The number of carboxylic acids is 1. The van der Waals surface area contributed by atoms with E-state index in [0.717, 1.165) is 50.6 Å². The van der Waals surface area contributed by atoms with Crippen LogP contribution < -0.4 is 73.7 Å². The molecular formula is C97H84N2O4P4. The molecule has 1 aliphatic heterocycles. The molecule has 1 aromatic heterocycles. The van der Waals surface area contributed by atoms with Crippen molar-refractivity contribution in [3.63, 3.8) is 0 Å². The summed E-state index contributed by atoms with van der Waals surface area (Å²) in [6.07, 6.45) is 2.38. The maximum atomic E-state index is 12.7. The molecule has 6 nitrogen and oxygen atoms in total. The minimum atomic E-state index is -0.823. The first kappa shape index (κ1) is 75.2. The standard InChI is InChI=1S/C25H24N2O4.4C18H15P/c1-14-19(9-10-24(28)29)15(2)26-22(14)13-21-20-8-7-17(12-23(20)27-25(21)30)16-5-4-6-18(11-16)31-3;4*1-4-10-16(11-5-1)19(17-12-6-2-7-13-17)18-14-8-3-9-15-18/h4-8,11-13,26H,9-10H2,1-3H3,(H,27,30)(H,28,29);4*1-15H. The van der Waals surface area contributed by atoms with E-state index in [1.165, 1.54) is 63.7 Å². The number of amides is 1. The third-order valence-electron chi connectivity index (χ3n) is 17.9. The zero-order valence-electron chi connectivity index (χ0n) is 60.1. The highest BCUT2D eigenvalue weighted by Gasteiger charge is 2.26. The van der Waals surface area contributed by atoms with Gasteiger partial charge in [0.1, 0.15) is 5.75 Å². The number of carbonyl (C=O) groups is 2. The molecule has 0 radical (unpaired) electrons. The van der Waals surface area contributed by atoms with Crippen molar-refractivity contribution >= 4 is 125 Å². The number of hydrogen-bond donors (Lipinski definition) is 3. The third kappa shape index (κ3) is 20.5. The molecular weight excluding hydrogens is 1380 g/mol. The summed E-state index contributed by atoms with van der Waals surface area (Å²) in [5.74, 6) is -0.203. The van der Waals surface area contributed by atoms with Crippen LogP contribution in [-0.2, 0) is 16.0 Å². The molecule has 14 aromatic carbocycles. The van der Waals surface area contributed by atoms with Crippen molar-refractivity contribution in [2.24, 2.45) is 0 Å². The quantitative estimate of drug-likeness (QED) is 0.0590.